The van der Waals surface area contributed by atoms with E-state index >= 15 is 0 Å². The molecule has 0 spiro atoms. The van der Waals surface area contributed by atoms with E-state index in [-0.39, 0.29) is 0 Å². The largest absolute Gasteiger partial charge is 0.484 e. The van der Waals surface area contributed by atoms with Crippen LogP contribution in [0.2, 0.25) is 0 Å². The van der Waals surface area contributed by atoms with Crippen molar-refractivity contribution in [2.75, 3.05) is 6.61 Å². The van der Waals surface area contributed by atoms with E-state index in [1.165, 1.54) is 27.7 Å². The summed E-state index contributed by atoms with van der Waals surface area (Å²) in [6.07, 6.45) is -22.0. The summed E-state index contributed by atoms with van der Waals surface area (Å²) >= 11 is 0. The smallest absolute Gasteiger partial charge is 0.373 e. The lowest BCUT2D eigenvalue weighted by molar-refractivity contribution is -0.434. The molecule has 0 fully saturated rings. The average molecular weight is 624 g/mol. The fraction of sp³-hybridized carbons (Fsp3) is 1.00. The first kappa shape index (κ1) is 36.9. The molecule has 0 aliphatic rings. The molecule has 0 N–H and O–H groups in total. The topological polar surface area (TPSA) is 27.7 Å². The van der Waals surface area contributed by atoms with Crippen LogP contribution in [0.5, 0.6) is 0 Å². The molecule has 0 aliphatic heterocycles. The summed E-state index contributed by atoms with van der Waals surface area (Å²) in [5.74, 6) is -47.6. The fourth-order valence-electron chi connectivity index (χ4n) is 2.33. The maximum absolute atomic E-state index is 13.9. The highest BCUT2D eigenvalue weighted by atomic mass is 28.3. The van der Waals surface area contributed by atoms with Crippen molar-refractivity contribution in [1.29, 1.82) is 0 Å². The molecule has 3 unspecified atom stereocenters. The highest BCUT2D eigenvalue weighted by molar-refractivity contribution is 6.36. The highest BCUT2D eigenvalue weighted by Gasteiger charge is 2.91. The number of hydrogen-bond acceptors (Lipinski definition) is 3. The van der Waals surface area contributed by atoms with Gasteiger partial charge in [0.15, 0.2) is 12.3 Å². The standard InChI is InChI=1S/C17H21F17O3Si/c1-6(2)36-38(37-7(3)4)35-5-8(18)12(23,24)14(27,28)16(31,32)17(33,34)15(29,30)13(25,26)10(20)9(19)11(21)22/h6-11,38H,5H2,1-4H3. The Morgan fingerprint density at radius 2 is 0.895 bits per heavy atom. The first-order chi connectivity index (χ1) is 16.6. The molecule has 21 heteroatoms. The molecule has 0 rings (SSSR count). The minimum Gasteiger partial charge on any atom is -0.373 e. The van der Waals surface area contributed by atoms with E-state index in [4.69, 9.17) is 8.85 Å². The van der Waals surface area contributed by atoms with Crippen LogP contribution in [0.3, 0.4) is 0 Å². The van der Waals surface area contributed by atoms with Crippen LogP contribution in [0.1, 0.15) is 27.7 Å². The molecule has 0 aliphatic carbocycles. The van der Waals surface area contributed by atoms with E-state index in [0.29, 0.717) is 0 Å². The lowest BCUT2D eigenvalue weighted by Gasteiger charge is -2.42. The Bertz CT molecular complexity index is 739. The quantitative estimate of drug-likeness (QED) is 0.142. The summed E-state index contributed by atoms with van der Waals surface area (Å²) in [4.78, 5) is 0. The lowest BCUT2D eigenvalue weighted by atomic mass is 9.88. The monoisotopic (exact) mass is 624 g/mol. The van der Waals surface area contributed by atoms with Gasteiger partial charge in [-0.1, -0.05) is 0 Å². The zero-order valence-corrected chi connectivity index (χ0v) is 20.6. The van der Waals surface area contributed by atoms with E-state index in [2.05, 4.69) is 4.43 Å². The van der Waals surface area contributed by atoms with Crippen LogP contribution < -0.4 is 0 Å². The third-order valence-corrected chi connectivity index (χ3v) is 6.42. The number of hydrogen-bond donors (Lipinski definition) is 0. The molecular weight excluding hydrogens is 603 g/mol. The Morgan fingerprint density at radius 3 is 1.21 bits per heavy atom. The summed E-state index contributed by atoms with van der Waals surface area (Å²) in [6, 6.07) is 0. The second-order valence-corrected chi connectivity index (χ2v) is 9.64. The molecule has 0 saturated carbocycles. The fourth-order valence-corrected chi connectivity index (χ4v) is 3.77. The van der Waals surface area contributed by atoms with Gasteiger partial charge in [-0.25, -0.2) is 22.0 Å². The van der Waals surface area contributed by atoms with Crippen LogP contribution in [-0.4, -0.2) is 88.8 Å². The average Bonchev–Trinajstić information content (AvgIpc) is 2.74. The van der Waals surface area contributed by atoms with E-state index in [1.54, 1.807) is 0 Å². The van der Waals surface area contributed by atoms with Crippen molar-refractivity contribution in [1.82, 2.24) is 0 Å². The molecule has 0 aromatic rings. The summed E-state index contributed by atoms with van der Waals surface area (Å²) in [6.45, 7) is 2.80. The molecule has 0 aromatic carbocycles. The van der Waals surface area contributed by atoms with Crippen molar-refractivity contribution < 1.29 is 87.9 Å². The molecule has 3 atom stereocenters. The summed E-state index contributed by atoms with van der Waals surface area (Å²) < 4.78 is 243. The maximum atomic E-state index is 13.9. The first-order valence-electron chi connectivity index (χ1n) is 10.0. The minimum absolute atomic E-state index is 0.828. The van der Waals surface area contributed by atoms with E-state index in [1.807, 2.05) is 0 Å². The van der Waals surface area contributed by atoms with Gasteiger partial charge in [0.1, 0.15) is 0 Å². The van der Waals surface area contributed by atoms with Crippen LogP contribution >= 0.6 is 0 Å². The molecular formula is C17H21F17O3Si. The molecule has 0 heterocycles. The van der Waals surface area contributed by atoms with Gasteiger partial charge in [0.2, 0.25) is 6.17 Å². The van der Waals surface area contributed by atoms with Gasteiger partial charge in [0.05, 0.1) is 6.61 Å². The highest BCUT2D eigenvalue weighted by Crippen LogP contribution is 2.61. The Kier molecular flexibility index (Phi) is 11.8. The SMILES string of the molecule is CC(C)O[SiH](OCC(F)C(F)(F)C(F)(F)C(F)(F)C(F)(F)C(F)(F)C(F)(F)C(F)C(F)C(F)F)OC(C)C. The lowest BCUT2D eigenvalue weighted by Crippen LogP contribution is -2.73. The van der Waals surface area contributed by atoms with Gasteiger partial charge < -0.3 is 13.3 Å². The third-order valence-electron chi connectivity index (χ3n) is 4.43. The first-order valence-corrected chi connectivity index (χ1v) is 11.5. The third kappa shape index (κ3) is 6.79. The molecule has 230 valence electrons. The van der Waals surface area contributed by atoms with Crippen LogP contribution in [0.4, 0.5) is 74.6 Å². The van der Waals surface area contributed by atoms with Gasteiger partial charge in [-0.2, -0.15) is 52.7 Å². The molecule has 0 radical (unpaired) electrons. The Morgan fingerprint density at radius 1 is 0.553 bits per heavy atom. The second kappa shape index (κ2) is 12.2. The van der Waals surface area contributed by atoms with Gasteiger partial charge >= 0.3 is 45.1 Å². The van der Waals surface area contributed by atoms with Crippen molar-refractivity contribution in [3.05, 3.63) is 0 Å². The Labute approximate surface area is 205 Å². The Hall–Kier alpha value is -1.09. The van der Waals surface area contributed by atoms with Crippen LogP contribution in [0, 0.1) is 0 Å². The molecule has 38 heavy (non-hydrogen) atoms. The van der Waals surface area contributed by atoms with E-state index in [9.17, 15) is 74.6 Å². The number of rotatable bonds is 16. The summed E-state index contributed by atoms with van der Waals surface area (Å²) in [7, 11) is -3.70. The number of halogens is 17. The predicted octanol–water partition coefficient (Wildman–Crippen LogP) is 6.66. The normalized spacial score (nSPS) is 17.6. The van der Waals surface area contributed by atoms with Crippen molar-refractivity contribution in [2.24, 2.45) is 0 Å². The van der Waals surface area contributed by atoms with E-state index in [0.717, 1.165) is 0 Å². The van der Waals surface area contributed by atoms with Crippen LogP contribution in [0.25, 0.3) is 0 Å². The summed E-state index contributed by atoms with van der Waals surface area (Å²) in [5.41, 5.74) is 0. The van der Waals surface area contributed by atoms with Crippen molar-refractivity contribution >= 4 is 9.53 Å². The molecule has 0 amide bonds. The Balaban J connectivity index is 6.27. The number of alkyl halides is 17. The van der Waals surface area contributed by atoms with Gasteiger partial charge in [0.25, 0.3) is 6.43 Å². The van der Waals surface area contributed by atoms with Gasteiger partial charge in [-0.05, 0) is 27.7 Å². The van der Waals surface area contributed by atoms with Gasteiger partial charge in [-0.15, -0.1) is 0 Å². The van der Waals surface area contributed by atoms with Gasteiger partial charge in [0, 0.05) is 12.2 Å². The van der Waals surface area contributed by atoms with Crippen molar-refractivity contribution in [3.63, 3.8) is 0 Å². The summed E-state index contributed by atoms with van der Waals surface area (Å²) in [5, 5.41) is 0. The molecule has 3 nitrogen and oxygen atoms in total. The zero-order valence-electron chi connectivity index (χ0n) is 19.4. The van der Waals surface area contributed by atoms with Crippen LogP contribution in [-0.2, 0) is 13.3 Å². The second-order valence-electron chi connectivity index (χ2n) is 8.18. The molecule has 0 bridgehead atoms. The van der Waals surface area contributed by atoms with Crippen molar-refractivity contribution in [2.45, 2.75) is 100 Å². The molecule has 0 saturated heterocycles. The van der Waals surface area contributed by atoms with Crippen LogP contribution in [0.15, 0.2) is 0 Å². The minimum atomic E-state index is -8.41. The van der Waals surface area contributed by atoms with E-state index < -0.39 is 88.8 Å². The predicted molar refractivity (Wildman–Crippen MR) is 95.9 cm³/mol. The van der Waals surface area contributed by atoms with Gasteiger partial charge in [-0.3, -0.25) is 0 Å². The zero-order chi connectivity index (χ0) is 30.9. The molecule has 0 aromatic heterocycles. The van der Waals surface area contributed by atoms with Crippen molar-refractivity contribution in [3.8, 4) is 0 Å². The maximum Gasteiger partial charge on any atom is 0.484 e.